The molecule has 2 amide bonds. The fourth-order valence-corrected chi connectivity index (χ4v) is 2.12. The Kier molecular flexibility index (Phi) is 7.02. The number of benzene rings is 1. The van der Waals surface area contributed by atoms with Gasteiger partial charge in [0.25, 0.3) is 0 Å². The van der Waals surface area contributed by atoms with E-state index in [0.717, 1.165) is 18.4 Å². The number of carbonyl (C=O) groups excluding carboxylic acids is 1. The molecule has 5 nitrogen and oxygen atoms in total. The predicted molar refractivity (Wildman–Crippen MR) is 82.4 cm³/mol. The van der Waals surface area contributed by atoms with Crippen LogP contribution in [0.5, 0.6) is 0 Å². The summed E-state index contributed by atoms with van der Waals surface area (Å²) in [5, 5.41) is 12.3. The van der Waals surface area contributed by atoms with Crippen LogP contribution in [-0.4, -0.2) is 35.1 Å². The Labute approximate surface area is 129 Å². The third-order valence-electron chi connectivity index (χ3n) is 3.10. The van der Waals surface area contributed by atoms with Gasteiger partial charge in [0.1, 0.15) is 6.04 Å². The first-order valence-corrected chi connectivity index (χ1v) is 7.30. The maximum Gasteiger partial charge on any atom is 0.326 e. The first kappa shape index (κ1) is 17.3. The van der Waals surface area contributed by atoms with E-state index in [9.17, 15) is 9.59 Å². The molecule has 0 aliphatic carbocycles. The Morgan fingerprint density at radius 2 is 2.14 bits per heavy atom. The second kappa shape index (κ2) is 8.52. The highest BCUT2D eigenvalue weighted by atomic mass is 35.5. The number of hydrogen-bond acceptors (Lipinski definition) is 2. The Morgan fingerprint density at radius 3 is 2.71 bits per heavy atom. The average molecular weight is 313 g/mol. The van der Waals surface area contributed by atoms with Crippen molar-refractivity contribution in [1.29, 1.82) is 0 Å². The predicted octanol–water partition coefficient (Wildman–Crippen LogP) is 3.12. The summed E-state index contributed by atoms with van der Waals surface area (Å²) in [5.41, 5.74) is 0.889. The van der Waals surface area contributed by atoms with E-state index in [1.165, 1.54) is 4.90 Å². The quantitative estimate of drug-likeness (QED) is 0.812. The summed E-state index contributed by atoms with van der Waals surface area (Å²) >= 11 is 5.89. The second-order valence-corrected chi connectivity index (χ2v) is 5.40. The monoisotopic (exact) mass is 312 g/mol. The van der Waals surface area contributed by atoms with Crippen LogP contribution in [-0.2, 0) is 11.3 Å². The van der Waals surface area contributed by atoms with Gasteiger partial charge in [-0.2, -0.15) is 0 Å². The molecule has 6 heteroatoms. The number of hydrogen-bond donors (Lipinski definition) is 2. The van der Waals surface area contributed by atoms with Gasteiger partial charge in [-0.25, -0.2) is 9.59 Å². The third kappa shape index (κ3) is 6.04. The maximum absolute atomic E-state index is 12.0. The number of urea groups is 1. The number of carbonyl (C=O) groups is 2. The number of carboxylic acids is 1. The van der Waals surface area contributed by atoms with Gasteiger partial charge in [0.05, 0.1) is 0 Å². The standard InChI is InChI=1S/C15H21ClN2O3/c1-3-4-8-13(14(19)20)17-15(21)18(2)10-11-6-5-7-12(16)9-11/h5-7,9,13H,3-4,8,10H2,1-2H3,(H,17,21)(H,19,20)/t13-/m0/s1. The van der Waals surface area contributed by atoms with E-state index in [1.807, 2.05) is 19.1 Å². The van der Waals surface area contributed by atoms with Crippen LogP contribution in [0, 0.1) is 0 Å². The number of carboxylic acid groups (broad SMARTS) is 1. The number of nitrogens with zero attached hydrogens (tertiary/aromatic N) is 1. The molecule has 0 aliphatic heterocycles. The normalized spacial score (nSPS) is 11.8. The zero-order valence-corrected chi connectivity index (χ0v) is 13.1. The smallest absolute Gasteiger partial charge is 0.326 e. The fraction of sp³-hybridized carbons (Fsp3) is 0.467. The minimum Gasteiger partial charge on any atom is -0.480 e. The number of aliphatic carboxylic acids is 1. The number of amides is 2. The van der Waals surface area contributed by atoms with Crippen molar-refractivity contribution in [2.45, 2.75) is 38.8 Å². The molecule has 0 fully saturated rings. The van der Waals surface area contributed by atoms with Crippen molar-refractivity contribution in [3.05, 3.63) is 34.9 Å². The highest BCUT2D eigenvalue weighted by molar-refractivity contribution is 6.30. The molecule has 1 atom stereocenters. The van der Waals surface area contributed by atoms with E-state index in [-0.39, 0.29) is 0 Å². The molecule has 0 unspecified atom stereocenters. The van der Waals surface area contributed by atoms with Crippen LogP contribution in [0.15, 0.2) is 24.3 Å². The molecule has 0 saturated carbocycles. The molecule has 1 rings (SSSR count). The minimum atomic E-state index is -1.01. The van der Waals surface area contributed by atoms with Gasteiger partial charge in [-0.05, 0) is 24.1 Å². The molecule has 0 spiro atoms. The van der Waals surface area contributed by atoms with Crippen LogP contribution in [0.4, 0.5) is 4.79 Å². The second-order valence-electron chi connectivity index (χ2n) is 4.97. The minimum absolute atomic E-state index is 0.368. The van der Waals surface area contributed by atoms with Crippen molar-refractivity contribution in [1.82, 2.24) is 10.2 Å². The van der Waals surface area contributed by atoms with Gasteiger partial charge in [0, 0.05) is 18.6 Å². The first-order valence-electron chi connectivity index (χ1n) is 6.93. The van der Waals surface area contributed by atoms with Gasteiger partial charge in [-0.1, -0.05) is 43.5 Å². The van der Waals surface area contributed by atoms with Gasteiger partial charge in [0.2, 0.25) is 0 Å². The lowest BCUT2D eigenvalue weighted by Gasteiger charge is -2.21. The van der Waals surface area contributed by atoms with Gasteiger partial charge in [-0.3, -0.25) is 0 Å². The van der Waals surface area contributed by atoms with Gasteiger partial charge < -0.3 is 15.3 Å². The molecule has 0 aliphatic rings. The molecule has 21 heavy (non-hydrogen) atoms. The topological polar surface area (TPSA) is 69.6 Å². The summed E-state index contributed by atoms with van der Waals surface area (Å²) in [5.74, 6) is -1.01. The van der Waals surface area contributed by atoms with Crippen LogP contribution in [0.1, 0.15) is 31.7 Å². The van der Waals surface area contributed by atoms with E-state index in [4.69, 9.17) is 16.7 Å². The molecule has 2 N–H and O–H groups in total. The summed E-state index contributed by atoms with van der Waals surface area (Å²) in [6, 6.07) is 5.96. The molecule has 0 heterocycles. The number of unbranched alkanes of at least 4 members (excludes halogenated alkanes) is 1. The van der Waals surface area contributed by atoms with E-state index in [2.05, 4.69) is 5.32 Å². The lowest BCUT2D eigenvalue weighted by molar-refractivity contribution is -0.139. The lowest BCUT2D eigenvalue weighted by Crippen LogP contribution is -2.46. The summed E-state index contributed by atoms with van der Waals surface area (Å²) < 4.78 is 0. The van der Waals surface area contributed by atoms with Crippen molar-refractivity contribution in [3.63, 3.8) is 0 Å². The van der Waals surface area contributed by atoms with Gasteiger partial charge in [-0.15, -0.1) is 0 Å². The SMILES string of the molecule is CCCC[C@H](NC(=O)N(C)Cc1cccc(Cl)c1)C(=O)O. The maximum atomic E-state index is 12.0. The number of halogens is 1. The van der Waals surface area contributed by atoms with Crippen LogP contribution in [0.3, 0.4) is 0 Å². The molecular formula is C15H21ClN2O3. The van der Waals surface area contributed by atoms with Crippen molar-refractivity contribution in [2.75, 3.05) is 7.05 Å². The highest BCUT2D eigenvalue weighted by Gasteiger charge is 2.21. The van der Waals surface area contributed by atoms with Crippen LogP contribution >= 0.6 is 11.6 Å². The first-order chi connectivity index (χ1) is 9.93. The van der Waals surface area contributed by atoms with Crippen molar-refractivity contribution in [2.24, 2.45) is 0 Å². The average Bonchev–Trinajstić information content (AvgIpc) is 2.42. The van der Waals surface area contributed by atoms with Crippen molar-refractivity contribution in [3.8, 4) is 0 Å². The van der Waals surface area contributed by atoms with Crippen molar-refractivity contribution >= 4 is 23.6 Å². The summed E-state index contributed by atoms with van der Waals surface area (Å²) in [6.45, 7) is 2.35. The van der Waals surface area contributed by atoms with E-state index < -0.39 is 18.0 Å². The van der Waals surface area contributed by atoms with Crippen LogP contribution in [0.25, 0.3) is 0 Å². The molecular weight excluding hydrogens is 292 g/mol. The van der Waals surface area contributed by atoms with E-state index in [1.54, 1.807) is 19.2 Å². The highest BCUT2D eigenvalue weighted by Crippen LogP contribution is 2.12. The summed E-state index contributed by atoms with van der Waals surface area (Å²) in [7, 11) is 1.62. The zero-order chi connectivity index (χ0) is 15.8. The molecule has 0 aromatic heterocycles. The molecule has 0 radical (unpaired) electrons. The number of nitrogens with one attached hydrogen (secondary N) is 1. The van der Waals surface area contributed by atoms with Gasteiger partial charge in [0.15, 0.2) is 0 Å². The van der Waals surface area contributed by atoms with Crippen LogP contribution < -0.4 is 5.32 Å². The Balaban J connectivity index is 2.58. The van der Waals surface area contributed by atoms with E-state index in [0.29, 0.717) is 18.0 Å². The third-order valence-corrected chi connectivity index (χ3v) is 3.33. The molecule has 0 saturated heterocycles. The zero-order valence-electron chi connectivity index (χ0n) is 12.3. The largest absolute Gasteiger partial charge is 0.480 e. The van der Waals surface area contributed by atoms with E-state index >= 15 is 0 Å². The Bertz CT molecular complexity index is 494. The molecule has 116 valence electrons. The molecule has 0 bridgehead atoms. The van der Waals surface area contributed by atoms with Crippen LogP contribution in [0.2, 0.25) is 5.02 Å². The molecule has 1 aromatic rings. The summed E-state index contributed by atoms with van der Waals surface area (Å²) in [4.78, 5) is 24.6. The van der Waals surface area contributed by atoms with Gasteiger partial charge >= 0.3 is 12.0 Å². The lowest BCUT2D eigenvalue weighted by atomic mass is 10.1. The summed E-state index contributed by atoms with van der Waals surface area (Å²) in [6.07, 6.45) is 2.08. The number of rotatable bonds is 7. The fourth-order valence-electron chi connectivity index (χ4n) is 1.91. The Morgan fingerprint density at radius 1 is 1.43 bits per heavy atom. The Hall–Kier alpha value is -1.75. The molecule has 1 aromatic carbocycles. The van der Waals surface area contributed by atoms with Crippen molar-refractivity contribution < 1.29 is 14.7 Å².